The topological polar surface area (TPSA) is 45.5 Å². The fraction of sp³-hybridized carbons (Fsp3) is 0.316. The van der Waals surface area contributed by atoms with Crippen molar-refractivity contribution < 1.29 is 9.21 Å². The molecule has 23 heavy (non-hydrogen) atoms. The van der Waals surface area contributed by atoms with Gasteiger partial charge in [0, 0.05) is 12.6 Å². The zero-order valence-corrected chi connectivity index (χ0v) is 14.0. The summed E-state index contributed by atoms with van der Waals surface area (Å²) in [7, 11) is 4.03. The van der Waals surface area contributed by atoms with Gasteiger partial charge in [0.2, 0.25) is 5.91 Å². The highest BCUT2D eigenvalue weighted by Gasteiger charge is 2.14. The smallest absolute Gasteiger partial charge is 0.244 e. The Bertz CT molecular complexity index is 628. The second-order valence-electron chi connectivity index (χ2n) is 5.67. The number of likely N-dealkylation sites (N-methyl/N-ethyl adjacent to an activating group) is 1. The van der Waals surface area contributed by atoms with Crippen molar-refractivity contribution in [2.45, 2.75) is 19.4 Å². The zero-order chi connectivity index (χ0) is 16.7. The number of benzene rings is 1. The molecule has 1 unspecified atom stereocenters. The van der Waals surface area contributed by atoms with Crippen LogP contribution in [-0.4, -0.2) is 31.4 Å². The number of hydrogen-bond donors (Lipinski definition) is 1. The van der Waals surface area contributed by atoms with E-state index >= 15 is 0 Å². The molecule has 1 heterocycles. The van der Waals surface area contributed by atoms with Crippen LogP contribution in [0.4, 0.5) is 0 Å². The molecule has 1 aromatic heterocycles. The Morgan fingerprint density at radius 1 is 1.26 bits per heavy atom. The molecule has 122 valence electrons. The van der Waals surface area contributed by atoms with Gasteiger partial charge in [-0.15, -0.1) is 0 Å². The minimum atomic E-state index is -0.126. The van der Waals surface area contributed by atoms with Gasteiger partial charge >= 0.3 is 0 Å². The van der Waals surface area contributed by atoms with E-state index in [1.54, 1.807) is 18.4 Å². The number of carbonyl (C=O) groups is 1. The van der Waals surface area contributed by atoms with E-state index in [4.69, 9.17) is 4.42 Å². The fourth-order valence-corrected chi connectivity index (χ4v) is 2.37. The molecule has 0 aliphatic carbocycles. The summed E-state index contributed by atoms with van der Waals surface area (Å²) in [6.07, 6.45) is 5.77. The molecular formula is C19H24N2O2. The van der Waals surface area contributed by atoms with Gasteiger partial charge in [0.05, 0.1) is 12.3 Å². The van der Waals surface area contributed by atoms with Crippen LogP contribution in [0.15, 0.2) is 53.2 Å². The first-order valence-electron chi connectivity index (χ1n) is 7.85. The van der Waals surface area contributed by atoms with Crippen LogP contribution < -0.4 is 5.32 Å². The van der Waals surface area contributed by atoms with E-state index < -0.39 is 0 Å². The Morgan fingerprint density at radius 2 is 2.00 bits per heavy atom. The Morgan fingerprint density at radius 3 is 2.57 bits per heavy atom. The van der Waals surface area contributed by atoms with Crippen LogP contribution in [0.2, 0.25) is 0 Å². The van der Waals surface area contributed by atoms with E-state index in [0.29, 0.717) is 12.3 Å². The number of nitrogens with zero attached hydrogens (tertiary/aromatic N) is 1. The third-order valence-corrected chi connectivity index (χ3v) is 3.81. The molecule has 1 atom stereocenters. The second kappa shape index (κ2) is 8.34. The van der Waals surface area contributed by atoms with Gasteiger partial charge in [0.15, 0.2) is 0 Å². The summed E-state index contributed by atoms with van der Waals surface area (Å²) in [5.74, 6) is 0.540. The molecule has 0 saturated carbocycles. The van der Waals surface area contributed by atoms with Gasteiger partial charge in [-0.3, -0.25) is 4.79 Å². The van der Waals surface area contributed by atoms with Crippen molar-refractivity contribution in [3.63, 3.8) is 0 Å². The number of amides is 1. The predicted molar refractivity (Wildman–Crippen MR) is 93.0 cm³/mol. The SMILES string of the molecule is CCc1ccc(C(CNC(=O)/C=C/c2ccco2)N(C)C)cc1. The first kappa shape index (κ1) is 17.0. The van der Waals surface area contributed by atoms with Crippen LogP contribution in [-0.2, 0) is 11.2 Å². The second-order valence-corrected chi connectivity index (χ2v) is 5.67. The van der Waals surface area contributed by atoms with Crippen molar-refractivity contribution in [1.29, 1.82) is 0 Å². The molecule has 0 saturated heterocycles. The van der Waals surface area contributed by atoms with Gasteiger partial charge in [-0.25, -0.2) is 0 Å². The molecule has 4 heteroatoms. The summed E-state index contributed by atoms with van der Waals surface area (Å²) in [4.78, 5) is 14.0. The summed E-state index contributed by atoms with van der Waals surface area (Å²) in [5, 5.41) is 2.94. The maximum Gasteiger partial charge on any atom is 0.244 e. The van der Waals surface area contributed by atoms with Gasteiger partial charge in [0.25, 0.3) is 0 Å². The average Bonchev–Trinajstić information content (AvgIpc) is 3.07. The highest BCUT2D eigenvalue weighted by atomic mass is 16.3. The first-order chi connectivity index (χ1) is 11.1. The molecule has 1 amide bonds. The maximum absolute atomic E-state index is 11.9. The Balaban J connectivity index is 1.95. The van der Waals surface area contributed by atoms with E-state index in [9.17, 15) is 4.79 Å². The summed E-state index contributed by atoms with van der Waals surface area (Å²) in [6.45, 7) is 2.70. The quantitative estimate of drug-likeness (QED) is 0.798. The summed E-state index contributed by atoms with van der Waals surface area (Å²) >= 11 is 0. The maximum atomic E-state index is 11.9. The van der Waals surface area contributed by atoms with Gasteiger partial charge in [-0.05, 0) is 49.9 Å². The molecular weight excluding hydrogens is 288 g/mol. The highest BCUT2D eigenvalue weighted by Crippen LogP contribution is 2.18. The normalized spacial score (nSPS) is 12.7. The van der Waals surface area contributed by atoms with Crippen molar-refractivity contribution in [3.05, 3.63) is 65.6 Å². The molecule has 2 aromatic rings. The summed E-state index contributed by atoms with van der Waals surface area (Å²) in [6, 6.07) is 12.3. The molecule has 0 aliphatic heterocycles. The van der Waals surface area contributed by atoms with Gasteiger partial charge in [-0.2, -0.15) is 0 Å². The van der Waals surface area contributed by atoms with Crippen LogP contribution in [0.5, 0.6) is 0 Å². The van der Waals surface area contributed by atoms with Crippen LogP contribution in [0.3, 0.4) is 0 Å². The van der Waals surface area contributed by atoms with Crippen molar-refractivity contribution in [1.82, 2.24) is 10.2 Å². The van der Waals surface area contributed by atoms with Crippen LogP contribution in [0.25, 0.3) is 6.08 Å². The van der Waals surface area contributed by atoms with E-state index in [0.717, 1.165) is 6.42 Å². The minimum absolute atomic E-state index is 0.126. The number of nitrogens with one attached hydrogen (secondary N) is 1. The molecule has 2 rings (SSSR count). The van der Waals surface area contributed by atoms with E-state index in [1.807, 2.05) is 20.2 Å². The Labute approximate surface area is 137 Å². The Hall–Kier alpha value is -2.33. The molecule has 0 spiro atoms. The Kier molecular flexibility index (Phi) is 6.18. The van der Waals surface area contributed by atoms with Crippen molar-refractivity contribution in [3.8, 4) is 0 Å². The van der Waals surface area contributed by atoms with Gasteiger partial charge in [0.1, 0.15) is 5.76 Å². The van der Waals surface area contributed by atoms with Crippen molar-refractivity contribution >= 4 is 12.0 Å². The highest BCUT2D eigenvalue weighted by molar-refractivity contribution is 5.91. The summed E-state index contributed by atoms with van der Waals surface area (Å²) < 4.78 is 5.16. The van der Waals surface area contributed by atoms with Crippen molar-refractivity contribution in [2.75, 3.05) is 20.6 Å². The molecule has 0 bridgehead atoms. The van der Waals surface area contributed by atoms with E-state index in [-0.39, 0.29) is 11.9 Å². The average molecular weight is 312 g/mol. The molecule has 0 radical (unpaired) electrons. The lowest BCUT2D eigenvalue weighted by atomic mass is 10.0. The number of furan rings is 1. The lowest BCUT2D eigenvalue weighted by Gasteiger charge is -2.25. The lowest BCUT2D eigenvalue weighted by molar-refractivity contribution is -0.116. The summed E-state index contributed by atoms with van der Waals surface area (Å²) in [5.41, 5.74) is 2.51. The van der Waals surface area contributed by atoms with Crippen LogP contribution in [0.1, 0.15) is 29.9 Å². The number of hydrogen-bond acceptors (Lipinski definition) is 3. The van der Waals surface area contributed by atoms with Crippen molar-refractivity contribution in [2.24, 2.45) is 0 Å². The lowest BCUT2D eigenvalue weighted by Crippen LogP contribution is -2.33. The van der Waals surface area contributed by atoms with Gasteiger partial charge < -0.3 is 14.6 Å². The van der Waals surface area contributed by atoms with Crippen LogP contribution in [0, 0.1) is 0 Å². The first-order valence-corrected chi connectivity index (χ1v) is 7.85. The third-order valence-electron chi connectivity index (χ3n) is 3.81. The number of rotatable bonds is 7. The molecule has 0 aliphatic rings. The van der Waals surface area contributed by atoms with Gasteiger partial charge in [-0.1, -0.05) is 31.2 Å². The minimum Gasteiger partial charge on any atom is -0.465 e. The number of aryl methyl sites for hydroxylation is 1. The molecule has 1 aromatic carbocycles. The van der Waals surface area contributed by atoms with E-state index in [1.165, 1.54) is 17.2 Å². The van der Waals surface area contributed by atoms with Crippen LogP contribution >= 0.6 is 0 Å². The molecule has 1 N–H and O–H groups in total. The predicted octanol–water partition coefficient (Wildman–Crippen LogP) is 3.27. The molecule has 0 fully saturated rings. The molecule has 4 nitrogen and oxygen atoms in total. The number of carbonyl (C=O) groups excluding carboxylic acids is 1. The largest absolute Gasteiger partial charge is 0.465 e. The fourth-order valence-electron chi connectivity index (χ4n) is 2.37. The zero-order valence-electron chi connectivity index (χ0n) is 14.0. The van der Waals surface area contributed by atoms with E-state index in [2.05, 4.69) is 41.4 Å². The standard InChI is InChI=1S/C19H24N2O2/c1-4-15-7-9-16(10-8-15)18(21(2)3)14-20-19(22)12-11-17-6-5-13-23-17/h5-13,18H,4,14H2,1-3H3,(H,20,22)/b12-11+. The third kappa shape index (κ3) is 5.11. The monoisotopic (exact) mass is 312 g/mol.